The van der Waals surface area contributed by atoms with Crippen molar-refractivity contribution < 1.29 is 19.1 Å². The Morgan fingerprint density at radius 3 is 1.29 bits per heavy atom. The van der Waals surface area contributed by atoms with Crippen molar-refractivity contribution in [2.24, 2.45) is 11.8 Å². The van der Waals surface area contributed by atoms with Crippen LogP contribution in [0.15, 0.2) is 116 Å². The second-order valence-electron chi connectivity index (χ2n) is 15.8. The third kappa shape index (κ3) is 6.65. The first-order valence-corrected chi connectivity index (χ1v) is 21.3. The highest BCUT2D eigenvalue weighted by atomic mass is 79.9. The second kappa shape index (κ2) is 15.3. The number of nitriles is 2. The van der Waals surface area contributed by atoms with E-state index >= 15 is 0 Å². The molecule has 0 amide bonds. The highest BCUT2D eigenvalue weighted by Crippen LogP contribution is 2.55. The summed E-state index contributed by atoms with van der Waals surface area (Å²) in [5.41, 5.74) is 10.2. The third-order valence-electron chi connectivity index (χ3n) is 12.8. The molecule has 6 nitrogen and oxygen atoms in total. The molecule has 6 aliphatic rings. The number of fused-ring (bicyclic) bond motifs is 10. The van der Waals surface area contributed by atoms with Gasteiger partial charge in [-0.1, -0.05) is 67.3 Å². The lowest BCUT2D eigenvalue weighted by atomic mass is 9.64. The molecule has 6 atom stereocenters. The number of hydrogen-bond donors (Lipinski definition) is 0. The fourth-order valence-electron chi connectivity index (χ4n) is 10.3. The molecule has 0 saturated carbocycles. The standard InChI is InChI=1S/2C24H20BrNO2/c2*25-16-9-10-21-19(11-16)20-12-22(28-21)17-3-1-2-4-18(17)23(20)24(27)15-7-5-14(13-26)6-8-15/h2*5-11,20,22-23H,1-4,12H2/t2*20-,22-,23+/m00/s1. The molecular formula is C48H40Br2N2O4. The van der Waals surface area contributed by atoms with Gasteiger partial charge in [0.2, 0.25) is 0 Å². The number of ether oxygens (including phenoxy) is 2. The number of Topliss-reactive ketones (excluding diaryl/α,β-unsaturated/α-hetero) is 2. The van der Waals surface area contributed by atoms with E-state index in [9.17, 15) is 9.59 Å². The summed E-state index contributed by atoms with van der Waals surface area (Å²) in [6.45, 7) is 0. The number of allylic oxidation sites excluding steroid dienone is 2. The van der Waals surface area contributed by atoms with Crippen LogP contribution < -0.4 is 9.47 Å². The minimum atomic E-state index is -0.128. The molecule has 0 N–H and O–H groups in total. The van der Waals surface area contributed by atoms with Gasteiger partial charge in [-0.25, -0.2) is 0 Å². The highest BCUT2D eigenvalue weighted by Gasteiger charge is 2.48. The maximum atomic E-state index is 13.7. The predicted octanol–water partition coefficient (Wildman–Crippen LogP) is 11.9. The number of benzene rings is 4. The van der Waals surface area contributed by atoms with Gasteiger partial charge in [-0.15, -0.1) is 0 Å². The van der Waals surface area contributed by atoms with Gasteiger partial charge >= 0.3 is 0 Å². The first kappa shape index (κ1) is 36.9. The number of carbonyl (C=O) groups excluding carboxylic acids is 2. The van der Waals surface area contributed by atoms with Crippen LogP contribution in [0.3, 0.4) is 0 Å². The fourth-order valence-corrected chi connectivity index (χ4v) is 11.1. The zero-order valence-electron chi connectivity index (χ0n) is 30.9. The topological polar surface area (TPSA) is 100 Å². The SMILES string of the molecule is N#Cc1ccc(C(=O)[C@@H]2C3=C(CCCC3)[C@@H]3C[C@H]2c2cc(Br)ccc2O3)cc1.N#Cc1ccc(C(=O)[C@@H]2C3=C(CCCC3)[C@@H]3C[C@H]2c2cc(Br)ccc2O3)cc1. The lowest BCUT2D eigenvalue weighted by Gasteiger charge is -2.45. The van der Waals surface area contributed by atoms with Crippen LogP contribution in [-0.4, -0.2) is 23.8 Å². The van der Waals surface area contributed by atoms with E-state index in [1.54, 1.807) is 48.5 Å². The van der Waals surface area contributed by atoms with Gasteiger partial charge in [0.15, 0.2) is 11.6 Å². The van der Waals surface area contributed by atoms with E-state index in [0.29, 0.717) is 22.3 Å². The summed E-state index contributed by atoms with van der Waals surface area (Å²) in [6.07, 6.45) is 10.6. The van der Waals surface area contributed by atoms with Crippen molar-refractivity contribution in [3.05, 3.63) is 150 Å². The van der Waals surface area contributed by atoms with Crippen LogP contribution >= 0.6 is 31.9 Å². The minimum absolute atomic E-state index is 0.110. The van der Waals surface area contributed by atoms with Crippen molar-refractivity contribution in [2.45, 2.75) is 88.3 Å². The Hall–Kier alpha value is -4.76. The zero-order chi connectivity index (χ0) is 38.5. The summed E-state index contributed by atoms with van der Waals surface area (Å²) in [6, 6.07) is 30.7. The van der Waals surface area contributed by atoms with E-state index in [4.69, 9.17) is 20.0 Å². The Kier molecular flexibility index (Phi) is 10.1. The molecule has 4 aromatic rings. The van der Waals surface area contributed by atoms with Crippen molar-refractivity contribution in [2.75, 3.05) is 0 Å². The lowest BCUT2D eigenvalue weighted by Crippen LogP contribution is -2.41. The maximum Gasteiger partial charge on any atom is 0.170 e. The van der Waals surface area contributed by atoms with E-state index in [1.807, 2.05) is 24.3 Å². The van der Waals surface area contributed by atoms with Gasteiger partial charge in [0, 0.05) is 31.9 Å². The summed E-state index contributed by atoms with van der Waals surface area (Å²) < 4.78 is 14.8. The van der Waals surface area contributed by atoms with E-state index in [1.165, 1.54) is 35.1 Å². The zero-order valence-corrected chi connectivity index (χ0v) is 34.1. The first-order chi connectivity index (χ1) is 27.3. The third-order valence-corrected chi connectivity index (χ3v) is 13.8. The predicted molar refractivity (Wildman–Crippen MR) is 221 cm³/mol. The molecule has 0 radical (unpaired) electrons. The molecule has 0 fully saturated rings. The smallest absolute Gasteiger partial charge is 0.170 e. The highest BCUT2D eigenvalue weighted by molar-refractivity contribution is 9.10. The Balaban J connectivity index is 0.000000146. The molecule has 2 heterocycles. The molecule has 280 valence electrons. The van der Waals surface area contributed by atoms with Crippen LogP contribution in [0.2, 0.25) is 0 Å². The molecule has 4 aliphatic carbocycles. The molecular weight excluding hydrogens is 828 g/mol. The van der Waals surface area contributed by atoms with Gasteiger partial charge in [0.25, 0.3) is 0 Å². The summed E-state index contributed by atoms with van der Waals surface area (Å²) in [4.78, 5) is 27.4. The van der Waals surface area contributed by atoms with E-state index in [-0.39, 0.29) is 47.4 Å². The summed E-state index contributed by atoms with van der Waals surface area (Å²) in [7, 11) is 0. The number of nitrogens with zero attached hydrogens (tertiary/aromatic N) is 2. The van der Waals surface area contributed by atoms with Crippen LogP contribution in [0.4, 0.5) is 0 Å². The number of rotatable bonds is 4. The molecule has 0 unspecified atom stereocenters. The number of halogens is 2. The van der Waals surface area contributed by atoms with Gasteiger partial charge in [0.05, 0.1) is 35.1 Å². The minimum Gasteiger partial charge on any atom is -0.486 e. The number of carbonyl (C=O) groups is 2. The van der Waals surface area contributed by atoms with Gasteiger partial charge in [-0.2, -0.15) is 10.5 Å². The number of hydrogen-bond acceptors (Lipinski definition) is 6. The summed E-state index contributed by atoms with van der Waals surface area (Å²) in [5.74, 6) is 2.22. The Morgan fingerprint density at radius 2 is 0.911 bits per heavy atom. The summed E-state index contributed by atoms with van der Waals surface area (Å²) >= 11 is 7.17. The van der Waals surface area contributed by atoms with Crippen LogP contribution in [-0.2, 0) is 0 Å². The lowest BCUT2D eigenvalue weighted by molar-refractivity contribution is 0.0844. The van der Waals surface area contributed by atoms with Crippen molar-refractivity contribution in [1.29, 1.82) is 10.5 Å². The maximum absolute atomic E-state index is 13.7. The second-order valence-corrected chi connectivity index (χ2v) is 17.7. The van der Waals surface area contributed by atoms with Crippen molar-refractivity contribution in [3.63, 3.8) is 0 Å². The Labute approximate surface area is 344 Å². The molecule has 0 aromatic heterocycles. The van der Waals surface area contributed by atoms with Crippen LogP contribution in [0.1, 0.15) is 119 Å². The van der Waals surface area contributed by atoms with Gasteiger partial charge in [-0.05, 0) is 147 Å². The normalized spacial score (nSPS) is 25.2. The largest absolute Gasteiger partial charge is 0.486 e. The molecule has 2 aliphatic heterocycles. The van der Waals surface area contributed by atoms with E-state index in [2.05, 4.69) is 56.1 Å². The van der Waals surface area contributed by atoms with Crippen LogP contribution in [0.5, 0.6) is 11.5 Å². The average Bonchev–Trinajstić information content (AvgIpc) is 3.24. The van der Waals surface area contributed by atoms with Gasteiger partial charge < -0.3 is 9.47 Å². The molecule has 56 heavy (non-hydrogen) atoms. The van der Waals surface area contributed by atoms with E-state index in [0.717, 1.165) is 82.9 Å². The molecule has 10 rings (SSSR count). The summed E-state index contributed by atoms with van der Waals surface area (Å²) in [5, 5.41) is 18.1. The van der Waals surface area contributed by atoms with Crippen molar-refractivity contribution in [1.82, 2.24) is 0 Å². The Morgan fingerprint density at radius 1 is 0.536 bits per heavy atom. The number of ketones is 2. The Bertz CT molecular complexity index is 2230. The quantitative estimate of drug-likeness (QED) is 0.150. The van der Waals surface area contributed by atoms with Gasteiger partial charge in [0.1, 0.15) is 23.7 Å². The molecule has 0 spiro atoms. The first-order valence-electron chi connectivity index (χ1n) is 19.8. The monoisotopic (exact) mass is 866 g/mol. The van der Waals surface area contributed by atoms with Crippen LogP contribution in [0, 0.1) is 34.5 Å². The van der Waals surface area contributed by atoms with Crippen LogP contribution in [0.25, 0.3) is 0 Å². The molecule has 4 aromatic carbocycles. The molecule has 0 saturated heterocycles. The fraction of sp³-hybridized carbons (Fsp3) is 0.333. The molecule has 4 bridgehead atoms. The molecule has 8 heteroatoms. The van der Waals surface area contributed by atoms with Gasteiger partial charge in [-0.3, -0.25) is 9.59 Å². The average molecular weight is 869 g/mol. The van der Waals surface area contributed by atoms with E-state index < -0.39 is 0 Å². The van der Waals surface area contributed by atoms with Crippen molar-refractivity contribution >= 4 is 43.4 Å². The van der Waals surface area contributed by atoms with Crippen molar-refractivity contribution in [3.8, 4) is 23.6 Å².